The number of carbonyl (C=O) groups is 1. The summed E-state index contributed by atoms with van der Waals surface area (Å²) in [5, 5.41) is 14.7. The van der Waals surface area contributed by atoms with Crippen LogP contribution >= 0.6 is 0 Å². The maximum Gasteiger partial charge on any atom is 0.262 e. The Labute approximate surface area is 136 Å². The Balaban J connectivity index is 1.72. The molecular weight excluding hydrogens is 292 g/mol. The smallest absolute Gasteiger partial charge is 0.262 e. The molecule has 0 saturated heterocycles. The van der Waals surface area contributed by atoms with Gasteiger partial charge in [0, 0.05) is 18.8 Å². The number of hydrogen-bond acceptors (Lipinski definition) is 4. The van der Waals surface area contributed by atoms with E-state index in [4.69, 9.17) is 9.84 Å². The summed E-state index contributed by atoms with van der Waals surface area (Å²) in [5.41, 5.74) is 1.88. The minimum Gasteiger partial charge on any atom is -0.484 e. The summed E-state index contributed by atoms with van der Waals surface area (Å²) >= 11 is 0. The molecule has 0 unspecified atom stereocenters. The molecule has 0 heterocycles. The number of aliphatic hydroxyl groups is 1. The molecule has 23 heavy (non-hydrogen) atoms. The van der Waals surface area contributed by atoms with Gasteiger partial charge in [-0.05, 0) is 42.8 Å². The number of aliphatic hydroxyl groups excluding tert-OH is 1. The third-order valence-electron chi connectivity index (χ3n) is 3.19. The number of benzene rings is 2. The molecule has 1 amide bonds. The van der Waals surface area contributed by atoms with Crippen molar-refractivity contribution in [3.05, 3.63) is 60.2 Å². The molecule has 3 N–H and O–H groups in total. The first-order valence-electron chi connectivity index (χ1n) is 7.66. The topological polar surface area (TPSA) is 70.6 Å². The molecule has 2 aromatic rings. The van der Waals surface area contributed by atoms with Crippen molar-refractivity contribution in [1.82, 2.24) is 5.32 Å². The van der Waals surface area contributed by atoms with Gasteiger partial charge in [-0.1, -0.05) is 30.3 Å². The molecule has 0 atom stereocenters. The zero-order valence-corrected chi connectivity index (χ0v) is 13.0. The van der Waals surface area contributed by atoms with Crippen molar-refractivity contribution in [1.29, 1.82) is 0 Å². The Morgan fingerprint density at radius 3 is 2.48 bits per heavy atom. The molecule has 0 aliphatic carbocycles. The number of rotatable bonds is 9. The molecule has 2 rings (SSSR count). The SMILES string of the molecule is O=C(COc1ccc(CNCCCO)cc1)Nc1ccccc1. The summed E-state index contributed by atoms with van der Waals surface area (Å²) in [5.74, 6) is 0.471. The first-order valence-corrected chi connectivity index (χ1v) is 7.66. The van der Waals surface area contributed by atoms with E-state index in [0.717, 1.165) is 30.8 Å². The second-order valence-corrected chi connectivity index (χ2v) is 5.10. The van der Waals surface area contributed by atoms with Gasteiger partial charge in [0.25, 0.3) is 5.91 Å². The first-order chi connectivity index (χ1) is 11.3. The predicted molar refractivity (Wildman–Crippen MR) is 90.4 cm³/mol. The van der Waals surface area contributed by atoms with Crippen LogP contribution in [-0.2, 0) is 11.3 Å². The minimum atomic E-state index is -0.189. The highest BCUT2D eigenvalue weighted by Crippen LogP contribution is 2.12. The van der Waals surface area contributed by atoms with Crippen molar-refractivity contribution in [3.63, 3.8) is 0 Å². The van der Waals surface area contributed by atoms with Gasteiger partial charge in [-0.2, -0.15) is 0 Å². The molecule has 0 radical (unpaired) electrons. The molecule has 0 spiro atoms. The lowest BCUT2D eigenvalue weighted by Gasteiger charge is -2.08. The van der Waals surface area contributed by atoms with Gasteiger partial charge in [-0.25, -0.2) is 0 Å². The van der Waals surface area contributed by atoms with Crippen LogP contribution in [0, 0.1) is 0 Å². The van der Waals surface area contributed by atoms with E-state index in [-0.39, 0.29) is 19.1 Å². The summed E-state index contributed by atoms with van der Waals surface area (Å²) < 4.78 is 5.47. The van der Waals surface area contributed by atoms with Crippen LogP contribution in [0.4, 0.5) is 5.69 Å². The van der Waals surface area contributed by atoms with Crippen LogP contribution in [0.15, 0.2) is 54.6 Å². The van der Waals surface area contributed by atoms with Gasteiger partial charge in [-0.3, -0.25) is 4.79 Å². The van der Waals surface area contributed by atoms with Crippen LogP contribution in [-0.4, -0.2) is 30.8 Å². The fraction of sp³-hybridized carbons (Fsp3) is 0.278. The van der Waals surface area contributed by atoms with Crippen molar-refractivity contribution in [2.24, 2.45) is 0 Å². The van der Waals surface area contributed by atoms with Crippen LogP contribution in [0.3, 0.4) is 0 Å². The highest BCUT2D eigenvalue weighted by molar-refractivity contribution is 5.91. The van der Waals surface area contributed by atoms with Gasteiger partial charge in [0.2, 0.25) is 0 Å². The second-order valence-electron chi connectivity index (χ2n) is 5.10. The third-order valence-corrected chi connectivity index (χ3v) is 3.19. The number of carbonyl (C=O) groups excluding carboxylic acids is 1. The largest absolute Gasteiger partial charge is 0.484 e. The van der Waals surface area contributed by atoms with E-state index in [1.807, 2.05) is 54.6 Å². The van der Waals surface area contributed by atoms with Gasteiger partial charge >= 0.3 is 0 Å². The average molecular weight is 314 g/mol. The van der Waals surface area contributed by atoms with Crippen molar-refractivity contribution < 1.29 is 14.6 Å². The van der Waals surface area contributed by atoms with E-state index in [2.05, 4.69) is 10.6 Å². The minimum absolute atomic E-state index is 0.0248. The highest BCUT2D eigenvalue weighted by Gasteiger charge is 2.03. The number of amides is 1. The maximum absolute atomic E-state index is 11.8. The Kier molecular flexibility index (Phi) is 7.10. The quantitative estimate of drug-likeness (QED) is 0.621. The van der Waals surface area contributed by atoms with E-state index in [1.165, 1.54) is 0 Å². The van der Waals surface area contributed by atoms with E-state index < -0.39 is 0 Å². The normalized spacial score (nSPS) is 10.3. The summed E-state index contributed by atoms with van der Waals surface area (Å²) in [6, 6.07) is 16.9. The summed E-state index contributed by atoms with van der Waals surface area (Å²) in [7, 11) is 0. The molecule has 0 aliphatic rings. The van der Waals surface area contributed by atoms with E-state index in [9.17, 15) is 4.79 Å². The lowest BCUT2D eigenvalue weighted by molar-refractivity contribution is -0.118. The third kappa shape index (κ3) is 6.50. The maximum atomic E-state index is 11.8. The molecule has 0 fully saturated rings. The van der Waals surface area contributed by atoms with Crippen molar-refractivity contribution in [2.45, 2.75) is 13.0 Å². The monoisotopic (exact) mass is 314 g/mol. The fourth-order valence-electron chi connectivity index (χ4n) is 2.01. The highest BCUT2D eigenvalue weighted by atomic mass is 16.5. The molecular formula is C18H22N2O3. The molecule has 0 aliphatic heterocycles. The van der Waals surface area contributed by atoms with Crippen LogP contribution in [0.2, 0.25) is 0 Å². The van der Waals surface area contributed by atoms with Crippen LogP contribution in [0.5, 0.6) is 5.75 Å². The number of ether oxygens (including phenoxy) is 1. The van der Waals surface area contributed by atoms with Crippen molar-refractivity contribution >= 4 is 11.6 Å². The average Bonchev–Trinajstić information content (AvgIpc) is 2.59. The summed E-state index contributed by atoms with van der Waals surface area (Å²) in [6.45, 7) is 1.71. The fourth-order valence-corrected chi connectivity index (χ4v) is 2.01. The van der Waals surface area contributed by atoms with Crippen molar-refractivity contribution in [3.8, 4) is 5.75 Å². The molecule has 5 heteroatoms. The van der Waals surface area contributed by atoms with Gasteiger partial charge in [-0.15, -0.1) is 0 Å². The Hall–Kier alpha value is -2.37. The summed E-state index contributed by atoms with van der Waals surface area (Å²) in [6.07, 6.45) is 0.748. The summed E-state index contributed by atoms with van der Waals surface area (Å²) in [4.78, 5) is 11.8. The number of nitrogens with one attached hydrogen (secondary N) is 2. The standard InChI is InChI=1S/C18H22N2O3/c21-12-4-11-19-13-15-7-9-17(10-8-15)23-14-18(22)20-16-5-2-1-3-6-16/h1-3,5-10,19,21H,4,11-14H2,(H,20,22). The number of hydrogen-bond donors (Lipinski definition) is 3. The molecule has 2 aromatic carbocycles. The zero-order valence-electron chi connectivity index (χ0n) is 13.0. The van der Waals surface area contributed by atoms with Gasteiger partial charge in [0.1, 0.15) is 5.75 Å². The predicted octanol–water partition coefficient (Wildman–Crippen LogP) is 2.18. The van der Waals surface area contributed by atoms with E-state index in [1.54, 1.807) is 0 Å². The molecule has 0 saturated carbocycles. The molecule has 0 aromatic heterocycles. The second kappa shape index (κ2) is 9.61. The Morgan fingerprint density at radius 2 is 1.78 bits per heavy atom. The first kappa shape index (κ1) is 17.0. The van der Waals surface area contributed by atoms with Gasteiger partial charge in [0.15, 0.2) is 6.61 Å². The Bertz CT molecular complexity index is 585. The number of anilines is 1. The lowest BCUT2D eigenvalue weighted by Crippen LogP contribution is -2.20. The zero-order chi connectivity index (χ0) is 16.3. The van der Waals surface area contributed by atoms with Crippen molar-refractivity contribution in [2.75, 3.05) is 25.1 Å². The van der Waals surface area contributed by atoms with Crippen LogP contribution < -0.4 is 15.4 Å². The van der Waals surface area contributed by atoms with Crippen LogP contribution in [0.25, 0.3) is 0 Å². The van der Waals surface area contributed by atoms with Gasteiger partial charge < -0.3 is 20.5 Å². The van der Waals surface area contributed by atoms with E-state index in [0.29, 0.717) is 5.75 Å². The van der Waals surface area contributed by atoms with Gasteiger partial charge in [0.05, 0.1) is 0 Å². The lowest BCUT2D eigenvalue weighted by atomic mass is 10.2. The Morgan fingerprint density at radius 1 is 1.04 bits per heavy atom. The molecule has 122 valence electrons. The molecule has 5 nitrogen and oxygen atoms in total. The molecule has 0 bridgehead atoms. The van der Waals surface area contributed by atoms with Crippen LogP contribution in [0.1, 0.15) is 12.0 Å². The number of para-hydroxylation sites is 1. The van der Waals surface area contributed by atoms with E-state index >= 15 is 0 Å².